The van der Waals surface area contributed by atoms with Crippen LogP contribution >= 0.6 is 0 Å². The van der Waals surface area contributed by atoms with Crippen LogP contribution in [0.15, 0.2) is 30.5 Å². The van der Waals surface area contributed by atoms with E-state index in [0.29, 0.717) is 30.8 Å². The normalized spacial score (nSPS) is 38.7. The van der Waals surface area contributed by atoms with Crippen LogP contribution in [0.1, 0.15) is 129 Å². The number of aliphatic hydroxyl groups is 5. The van der Waals surface area contributed by atoms with Crippen molar-refractivity contribution in [3.8, 4) is 0 Å². The van der Waals surface area contributed by atoms with E-state index in [4.69, 9.17) is 33.2 Å². The van der Waals surface area contributed by atoms with Gasteiger partial charge in [0.25, 0.3) is 5.78 Å². The fourth-order valence-electron chi connectivity index (χ4n) is 11.5. The minimum absolute atomic E-state index is 0.0491. The number of cyclic esters (lactones) is 1. The zero-order valence-corrected chi connectivity index (χ0v) is 46.5. The molecule has 3 aliphatic heterocycles. The Morgan fingerprint density at radius 3 is 2.20 bits per heavy atom. The van der Waals surface area contributed by atoms with Crippen molar-refractivity contribution < 1.29 is 85.8 Å². The molecule has 76 heavy (non-hydrogen) atoms. The zero-order valence-electron chi connectivity index (χ0n) is 46.5. The fourth-order valence-corrected chi connectivity index (χ4v) is 11.5. The minimum atomic E-state index is -5.06. The molecule has 3 aliphatic rings. The summed E-state index contributed by atoms with van der Waals surface area (Å²) in [6.07, 6.45) is -14.4. The summed E-state index contributed by atoms with van der Waals surface area (Å²) in [6.45, 7) is 16.8. The first kappa shape index (κ1) is 63.5. The summed E-state index contributed by atoms with van der Waals surface area (Å²) in [4.78, 5) is 30.0. The van der Waals surface area contributed by atoms with Gasteiger partial charge in [-0.1, -0.05) is 50.3 Å². The van der Waals surface area contributed by atoms with E-state index in [1.54, 1.807) is 62.6 Å². The van der Waals surface area contributed by atoms with Gasteiger partial charge in [0, 0.05) is 69.9 Å². The summed E-state index contributed by atoms with van der Waals surface area (Å²) < 4.78 is 98.8. The number of esters is 1. The quantitative estimate of drug-likeness (QED) is 0.0867. The minimum Gasteiger partial charge on any atom is -0.459 e. The molecule has 1 aromatic heterocycles. The van der Waals surface area contributed by atoms with Crippen LogP contribution in [0.5, 0.6) is 0 Å². The van der Waals surface area contributed by atoms with Crippen LogP contribution in [0.3, 0.4) is 0 Å². The van der Waals surface area contributed by atoms with Crippen molar-refractivity contribution in [3.63, 3.8) is 0 Å². The molecule has 0 radical (unpaired) electrons. The van der Waals surface area contributed by atoms with Crippen LogP contribution in [0, 0.1) is 17.8 Å². The Morgan fingerprint density at radius 1 is 0.974 bits per heavy atom. The van der Waals surface area contributed by atoms with Crippen molar-refractivity contribution >= 4 is 11.8 Å². The van der Waals surface area contributed by atoms with Crippen molar-refractivity contribution in [2.24, 2.45) is 17.8 Å². The molecule has 0 spiro atoms. The number of alkyl halides is 4. The van der Waals surface area contributed by atoms with Gasteiger partial charge >= 0.3 is 12.1 Å². The molecule has 0 amide bonds. The summed E-state index contributed by atoms with van der Waals surface area (Å²) >= 11 is 0. The number of hydrogen-bond acceptors (Lipinski definition) is 18. The van der Waals surface area contributed by atoms with Gasteiger partial charge < -0.3 is 68.5 Å². The van der Waals surface area contributed by atoms with Gasteiger partial charge in [-0.25, -0.2) is 9.07 Å². The molecule has 4 heterocycles. The number of hydrogen-bond donors (Lipinski definition) is 5. The van der Waals surface area contributed by atoms with Crippen LogP contribution in [0.2, 0.25) is 0 Å². The zero-order chi connectivity index (χ0) is 57.0. The van der Waals surface area contributed by atoms with Crippen LogP contribution in [-0.4, -0.2) is 207 Å². The molecule has 0 aliphatic carbocycles. The predicted octanol–water partition coefficient (Wildman–Crippen LogP) is 4.75. The fraction of sp³-hybridized carbons (Fsp3) is 0.811. The molecule has 0 unspecified atom stereocenters. The molecule has 0 bridgehead atoms. The summed E-state index contributed by atoms with van der Waals surface area (Å²) in [5, 5.41) is 68.1. The lowest BCUT2D eigenvalue weighted by atomic mass is 9.77. The number of aromatic nitrogens is 3. The second kappa shape index (κ2) is 25.9. The summed E-state index contributed by atoms with van der Waals surface area (Å²) in [7, 11) is 6.39. The molecule has 3 fully saturated rings. The Balaban J connectivity index is 1.43. The average Bonchev–Trinajstić information content (AvgIpc) is 3.83. The smallest absolute Gasteiger partial charge is 0.454 e. The van der Waals surface area contributed by atoms with Crippen molar-refractivity contribution in [2.45, 2.75) is 210 Å². The molecule has 0 saturated carbocycles. The maximum absolute atomic E-state index is 14.7. The van der Waals surface area contributed by atoms with Crippen LogP contribution in [-0.2, 0) is 44.4 Å². The molecule has 1 aromatic carbocycles. The molecule has 434 valence electrons. The third kappa shape index (κ3) is 14.5. The second-order valence-corrected chi connectivity index (χ2v) is 22.4. The van der Waals surface area contributed by atoms with Crippen LogP contribution in [0.4, 0.5) is 17.6 Å². The SMILES string of the molecule is CC[C@H]1OC(=O)[C@H](C)[C@@H](O[C@H]2C[C@@](C)(OC)[C@@H](O)[C@H](C)O2)[C@H](C)[C@@H](O[C@@H]2O[C@H](C)C[C@H](N(C)CCc3cn([C@@H](CF)[C@H](OC)c4ccc(C(=O)C(F)(F)F)cc4)nn3)[C@H]2O)[C@](C)(O)C[C@@H](C)CN(C)[C@H](C)[C@@H](O)[C@]1(C)O. The molecule has 23 heteroatoms. The molecule has 5 N–H and O–H groups in total. The van der Waals surface area contributed by atoms with Gasteiger partial charge in [-0.3, -0.25) is 9.59 Å². The summed E-state index contributed by atoms with van der Waals surface area (Å²) in [5.41, 5.74) is -4.51. The molecule has 20 atom stereocenters. The molecule has 3 saturated heterocycles. The predicted molar refractivity (Wildman–Crippen MR) is 268 cm³/mol. The standard InChI is InChI=1S/C53H85F4N5O14/c1-15-39-52(10,69)44(64)32(6)61(12)26-28(2)23-50(8,68)47(30(4)42(31(5)48(67)74-39)75-40-24-51(9,71-14)45(65)33(7)73-40)76-49-41(63)37(22-29(3)72-49)60(11)21-20-36-27-62(59-58-36)38(25-54)43(70-13)34-16-18-35(19-17-34)46(66)53(55,56)57/h16-19,27-33,37-45,47,49,63-65,68-69H,15,20-26H2,1-14H3/t28-,29-,30+,31-,32-,33+,37+,38+,39-,40+,41-,42+,43-,44-,45+,47-,49+,50-,51-,52-/m1/s1. The van der Waals surface area contributed by atoms with Crippen LogP contribution in [0.25, 0.3) is 0 Å². The number of methoxy groups -OCH3 is 2. The lowest BCUT2D eigenvalue weighted by Gasteiger charge is -2.49. The molecular formula is C53H85F4N5O14. The maximum atomic E-state index is 14.7. The van der Waals surface area contributed by atoms with E-state index in [9.17, 15) is 52.7 Å². The number of ketones is 1. The first-order valence-corrected chi connectivity index (χ1v) is 26.3. The highest BCUT2D eigenvalue weighted by Crippen LogP contribution is 2.41. The lowest BCUT2D eigenvalue weighted by molar-refractivity contribution is -0.318. The summed E-state index contributed by atoms with van der Waals surface area (Å²) in [6, 6.07) is 2.29. The van der Waals surface area contributed by atoms with Gasteiger partial charge in [0.2, 0.25) is 0 Å². The number of carbonyl (C=O) groups excluding carboxylic acids is 2. The molecular weight excluding hydrogens is 1010 g/mol. The highest BCUT2D eigenvalue weighted by molar-refractivity contribution is 6.00. The van der Waals surface area contributed by atoms with E-state index < -0.39 is 144 Å². The third-order valence-corrected chi connectivity index (χ3v) is 16.2. The number of likely N-dealkylation sites (N-methyl/N-ethyl adjacent to an activating group) is 2. The number of halogens is 4. The van der Waals surface area contributed by atoms with Gasteiger partial charge in [0.05, 0.1) is 47.2 Å². The maximum Gasteiger partial charge on any atom is 0.454 e. The Morgan fingerprint density at radius 2 is 1.62 bits per heavy atom. The molecule has 5 rings (SSSR count). The van der Waals surface area contributed by atoms with Gasteiger partial charge in [0.15, 0.2) is 12.6 Å². The van der Waals surface area contributed by atoms with Crippen molar-refractivity contribution in [2.75, 3.05) is 48.1 Å². The number of ether oxygens (including phenoxy) is 7. The van der Waals surface area contributed by atoms with Gasteiger partial charge in [0.1, 0.15) is 48.8 Å². The Hall–Kier alpha value is -3.30. The number of nitrogens with zero attached hydrogens (tertiary/aromatic N) is 5. The molecule has 19 nitrogen and oxygen atoms in total. The van der Waals surface area contributed by atoms with Crippen LogP contribution < -0.4 is 0 Å². The second-order valence-electron chi connectivity index (χ2n) is 22.4. The largest absolute Gasteiger partial charge is 0.459 e. The highest BCUT2D eigenvalue weighted by atomic mass is 19.4. The number of carbonyl (C=O) groups is 2. The van der Waals surface area contributed by atoms with Gasteiger partial charge in [-0.05, 0) is 93.3 Å². The first-order chi connectivity index (χ1) is 35.3. The van der Waals surface area contributed by atoms with Crippen molar-refractivity contribution in [3.05, 3.63) is 47.3 Å². The van der Waals surface area contributed by atoms with E-state index in [0.717, 1.165) is 12.1 Å². The number of rotatable bonds is 16. The molecule has 2 aromatic rings. The topological polar surface area (TPSA) is 237 Å². The Bertz CT molecular complexity index is 2170. The van der Waals surface area contributed by atoms with E-state index in [-0.39, 0.29) is 31.6 Å². The summed E-state index contributed by atoms with van der Waals surface area (Å²) in [5.74, 6) is -5.05. The monoisotopic (exact) mass is 1090 g/mol. The van der Waals surface area contributed by atoms with E-state index >= 15 is 0 Å². The highest BCUT2D eigenvalue weighted by Gasteiger charge is 2.53. The van der Waals surface area contributed by atoms with E-state index in [1.807, 2.05) is 23.6 Å². The lowest BCUT2D eigenvalue weighted by Crippen LogP contribution is -2.61. The Kier molecular flexibility index (Phi) is 21.6. The Labute approximate surface area is 444 Å². The van der Waals surface area contributed by atoms with E-state index in [2.05, 4.69) is 10.3 Å². The van der Waals surface area contributed by atoms with Gasteiger partial charge in [-0.2, -0.15) is 13.2 Å². The average molecular weight is 1090 g/mol. The third-order valence-electron chi connectivity index (χ3n) is 16.2. The number of Topliss-reactive ketones (excluding diaryl/α,β-unsaturated/α-hetero) is 1. The van der Waals surface area contributed by atoms with E-state index in [1.165, 1.54) is 44.2 Å². The number of benzene rings is 1. The van der Waals surface area contributed by atoms with Crippen molar-refractivity contribution in [1.82, 2.24) is 24.8 Å². The van der Waals surface area contributed by atoms with Crippen molar-refractivity contribution in [1.29, 1.82) is 0 Å². The first-order valence-electron chi connectivity index (χ1n) is 26.3. The van der Waals surface area contributed by atoms with Gasteiger partial charge in [-0.15, -0.1) is 5.10 Å². The number of aliphatic hydroxyl groups excluding tert-OH is 3.